The number of nitrogens with zero attached hydrogens (tertiary/aromatic N) is 1. The monoisotopic (exact) mass is 558 g/mol. The fourth-order valence-electron chi connectivity index (χ4n) is 4.38. The Kier molecular flexibility index (Phi) is 11.8. The van der Waals surface area contributed by atoms with Gasteiger partial charge in [0.15, 0.2) is 0 Å². The van der Waals surface area contributed by atoms with Crippen LogP contribution in [0.15, 0.2) is 48.5 Å². The van der Waals surface area contributed by atoms with Crippen LogP contribution in [0.4, 0.5) is 4.79 Å². The van der Waals surface area contributed by atoms with Crippen molar-refractivity contribution >= 4 is 41.7 Å². The molecule has 2 fully saturated rings. The second kappa shape index (κ2) is 13.8. The van der Waals surface area contributed by atoms with Crippen LogP contribution in [0.25, 0.3) is 0 Å². The van der Waals surface area contributed by atoms with Crippen molar-refractivity contribution in [3.63, 3.8) is 0 Å². The van der Waals surface area contributed by atoms with E-state index in [-0.39, 0.29) is 30.6 Å². The Morgan fingerprint density at radius 1 is 0.944 bits per heavy atom. The third kappa shape index (κ3) is 10.1. The first-order valence-corrected chi connectivity index (χ1v) is 12.8. The van der Waals surface area contributed by atoms with Gasteiger partial charge in [-0.3, -0.25) is 0 Å². The van der Waals surface area contributed by atoms with E-state index in [4.69, 9.17) is 27.9 Å². The van der Waals surface area contributed by atoms with Gasteiger partial charge < -0.3 is 25.2 Å². The first kappa shape index (κ1) is 30.7. The number of ether oxygens (including phenoxy) is 1. The van der Waals surface area contributed by atoms with E-state index in [2.05, 4.69) is 5.32 Å². The molecule has 36 heavy (non-hydrogen) atoms. The summed E-state index contributed by atoms with van der Waals surface area (Å²) >= 11 is 11.7. The molecule has 200 valence electrons. The molecule has 2 saturated heterocycles. The van der Waals surface area contributed by atoms with Crippen LogP contribution in [0.2, 0.25) is 10.0 Å². The van der Waals surface area contributed by atoms with Crippen molar-refractivity contribution in [2.45, 2.75) is 76.3 Å². The summed E-state index contributed by atoms with van der Waals surface area (Å²) in [5, 5.41) is 24.0. The molecule has 3 N–H and O–H groups in total. The lowest BCUT2D eigenvalue weighted by atomic mass is 10.0. The molecule has 2 aromatic rings. The Bertz CT molecular complexity index is 951. The van der Waals surface area contributed by atoms with Gasteiger partial charge in [0, 0.05) is 28.7 Å². The van der Waals surface area contributed by atoms with Crippen LogP contribution in [0, 0.1) is 0 Å². The molecule has 0 aliphatic carbocycles. The Balaban J connectivity index is 0.000000265. The number of likely N-dealkylation sites (tertiary alicyclic amines) is 1. The molecular formula is C27H37Cl3N2O4. The Labute approximate surface area is 230 Å². The average Bonchev–Trinajstić information content (AvgIpc) is 3.35. The predicted octanol–water partition coefficient (Wildman–Crippen LogP) is 5.28. The molecule has 4 rings (SSSR count). The number of hydrogen-bond acceptors (Lipinski definition) is 5. The molecule has 0 unspecified atom stereocenters. The van der Waals surface area contributed by atoms with Crippen LogP contribution in [0.1, 0.15) is 44.7 Å². The highest BCUT2D eigenvalue weighted by molar-refractivity contribution is 6.30. The number of hydrogen-bond donors (Lipinski definition) is 3. The maximum absolute atomic E-state index is 12.2. The normalized spacial score (nSPS) is 23.5. The van der Waals surface area contributed by atoms with Crippen LogP contribution in [-0.2, 0) is 17.6 Å². The molecule has 0 saturated carbocycles. The number of nitrogens with one attached hydrogen (secondary N) is 1. The van der Waals surface area contributed by atoms with Crippen LogP contribution in [-0.4, -0.2) is 64.2 Å². The number of carbonyl (C=O) groups excluding carboxylic acids is 1. The smallest absolute Gasteiger partial charge is 0.410 e. The molecule has 0 aromatic heterocycles. The lowest BCUT2D eigenvalue weighted by Crippen LogP contribution is -2.41. The molecule has 2 aromatic carbocycles. The summed E-state index contributed by atoms with van der Waals surface area (Å²) in [5.74, 6) is 0. The van der Waals surface area contributed by atoms with E-state index in [1.54, 1.807) is 4.90 Å². The van der Waals surface area contributed by atoms with Crippen LogP contribution >= 0.6 is 35.6 Å². The van der Waals surface area contributed by atoms with Gasteiger partial charge in [-0.05, 0) is 81.8 Å². The Hall–Kier alpha value is -1.54. The molecule has 9 heteroatoms. The van der Waals surface area contributed by atoms with Crippen LogP contribution in [0.3, 0.4) is 0 Å². The van der Waals surface area contributed by atoms with E-state index in [0.717, 1.165) is 30.0 Å². The standard InChI is InChI=1S/C16H22ClNO3.C11H14ClNO.ClH/c1-16(2,3)21-15(20)18-10-14(19)9-13(18)8-11-4-6-12(17)7-5-11;12-9-3-1-8(2-4-9)5-10-6-11(14)7-13-10;/h4-7,13-14,19H,8-10H2,1-3H3;1-4,10-11,13-14H,5-7H2;1H/t13-,14+;10-,11+;/m00./s1. The molecule has 2 aliphatic rings. The summed E-state index contributed by atoms with van der Waals surface area (Å²) in [4.78, 5) is 13.9. The van der Waals surface area contributed by atoms with Crippen LogP contribution < -0.4 is 5.32 Å². The fourth-order valence-corrected chi connectivity index (χ4v) is 4.63. The zero-order valence-corrected chi connectivity index (χ0v) is 23.3. The number of benzene rings is 2. The quantitative estimate of drug-likeness (QED) is 0.475. The minimum atomic E-state index is -0.532. The van der Waals surface area contributed by atoms with Gasteiger partial charge in [0.25, 0.3) is 0 Å². The molecule has 2 heterocycles. The average molecular weight is 560 g/mol. The molecule has 4 atom stereocenters. The maximum Gasteiger partial charge on any atom is 0.410 e. The lowest BCUT2D eigenvalue weighted by Gasteiger charge is -2.28. The fraction of sp³-hybridized carbons (Fsp3) is 0.519. The van der Waals surface area contributed by atoms with E-state index < -0.39 is 11.7 Å². The topological polar surface area (TPSA) is 82.0 Å². The first-order valence-electron chi connectivity index (χ1n) is 12.1. The van der Waals surface area contributed by atoms with E-state index in [9.17, 15) is 15.0 Å². The third-order valence-corrected chi connectivity index (χ3v) is 6.50. The zero-order valence-electron chi connectivity index (χ0n) is 21.0. The van der Waals surface area contributed by atoms with Gasteiger partial charge >= 0.3 is 6.09 Å². The second-order valence-electron chi connectivity index (χ2n) is 10.3. The number of aliphatic hydroxyl groups excluding tert-OH is 2. The van der Waals surface area contributed by atoms with E-state index in [0.29, 0.717) is 30.5 Å². The molecule has 1 amide bonds. The highest BCUT2D eigenvalue weighted by Gasteiger charge is 2.36. The minimum Gasteiger partial charge on any atom is -0.444 e. The van der Waals surface area contributed by atoms with Crippen LogP contribution in [0.5, 0.6) is 0 Å². The number of rotatable bonds is 4. The van der Waals surface area contributed by atoms with Gasteiger partial charge in [-0.1, -0.05) is 47.5 Å². The van der Waals surface area contributed by atoms with Crippen molar-refractivity contribution < 1.29 is 19.7 Å². The summed E-state index contributed by atoms with van der Waals surface area (Å²) in [5.41, 5.74) is 1.82. The zero-order chi connectivity index (χ0) is 25.6. The maximum atomic E-state index is 12.2. The Morgan fingerprint density at radius 3 is 1.94 bits per heavy atom. The van der Waals surface area contributed by atoms with E-state index in [1.165, 1.54) is 5.56 Å². The van der Waals surface area contributed by atoms with Gasteiger partial charge in [0.05, 0.1) is 18.8 Å². The third-order valence-electron chi connectivity index (χ3n) is 6.00. The van der Waals surface area contributed by atoms with Crippen molar-refractivity contribution in [2.24, 2.45) is 0 Å². The SMILES string of the molecule is CC(C)(C)OC(=O)N1C[C@H](O)C[C@@H]1Cc1ccc(Cl)cc1.Cl.O[C@H]1CN[C@@H](Cc2ccc(Cl)cc2)C1. The predicted molar refractivity (Wildman–Crippen MR) is 147 cm³/mol. The van der Waals surface area contributed by atoms with Gasteiger partial charge in [-0.2, -0.15) is 0 Å². The van der Waals surface area contributed by atoms with E-state index >= 15 is 0 Å². The highest BCUT2D eigenvalue weighted by Crippen LogP contribution is 2.25. The Morgan fingerprint density at radius 2 is 1.47 bits per heavy atom. The summed E-state index contributed by atoms with van der Waals surface area (Å²) in [6.07, 6.45) is 2.05. The van der Waals surface area contributed by atoms with Crippen molar-refractivity contribution in [1.82, 2.24) is 10.2 Å². The molecule has 6 nitrogen and oxygen atoms in total. The van der Waals surface area contributed by atoms with Crippen molar-refractivity contribution in [2.75, 3.05) is 13.1 Å². The highest BCUT2D eigenvalue weighted by atomic mass is 35.5. The number of carbonyl (C=O) groups is 1. The van der Waals surface area contributed by atoms with Crippen molar-refractivity contribution in [1.29, 1.82) is 0 Å². The minimum absolute atomic E-state index is 0. The number of amides is 1. The molecule has 0 bridgehead atoms. The van der Waals surface area contributed by atoms with Gasteiger partial charge in [-0.15, -0.1) is 12.4 Å². The summed E-state index contributed by atoms with van der Waals surface area (Å²) in [7, 11) is 0. The van der Waals surface area contributed by atoms with Crippen molar-refractivity contribution in [3.8, 4) is 0 Å². The molecule has 0 radical (unpaired) electrons. The summed E-state index contributed by atoms with van der Waals surface area (Å²) < 4.78 is 5.41. The van der Waals surface area contributed by atoms with Gasteiger partial charge in [0.1, 0.15) is 5.60 Å². The van der Waals surface area contributed by atoms with Crippen molar-refractivity contribution in [3.05, 3.63) is 69.7 Å². The number of β-amino-alcohol motifs (C(OH)–C–C–N with tert-alkyl or cyclic N) is 2. The molecule has 0 spiro atoms. The number of halogens is 3. The summed E-state index contributed by atoms with van der Waals surface area (Å²) in [6, 6.07) is 15.8. The number of aliphatic hydroxyl groups is 2. The lowest BCUT2D eigenvalue weighted by molar-refractivity contribution is 0.0208. The first-order chi connectivity index (χ1) is 16.5. The second-order valence-corrected chi connectivity index (χ2v) is 11.2. The van der Waals surface area contributed by atoms with E-state index in [1.807, 2.05) is 69.3 Å². The van der Waals surface area contributed by atoms with Gasteiger partial charge in [-0.25, -0.2) is 4.79 Å². The van der Waals surface area contributed by atoms with Gasteiger partial charge in [0.2, 0.25) is 0 Å². The summed E-state index contributed by atoms with van der Waals surface area (Å²) in [6.45, 7) is 6.56. The molecular weight excluding hydrogens is 523 g/mol. The molecule has 2 aliphatic heterocycles. The largest absolute Gasteiger partial charge is 0.444 e.